The fourth-order valence-corrected chi connectivity index (χ4v) is 0.753. The third-order valence-electron chi connectivity index (χ3n) is 0.908. The molecule has 0 aliphatic carbocycles. The van der Waals surface area contributed by atoms with Crippen molar-refractivity contribution in [2.24, 2.45) is 0 Å². The highest BCUT2D eigenvalue weighted by Gasteiger charge is 2.43. The lowest BCUT2D eigenvalue weighted by molar-refractivity contribution is -0.290. The molecule has 0 N–H and O–H groups in total. The van der Waals surface area contributed by atoms with E-state index in [4.69, 9.17) is 0 Å². The third kappa shape index (κ3) is 7.34. The van der Waals surface area contributed by atoms with Crippen LogP contribution in [0.4, 0.5) is 25.8 Å². The fourth-order valence-electron chi connectivity index (χ4n) is 0.467. The molecule has 0 amide bonds. The largest absolute Gasteiger partial charge is 0.458 e. The molecule has 0 bridgehead atoms. The van der Waals surface area contributed by atoms with Gasteiger partial charge in [-0.1, -0.05) is 0 Å². The van der Waals surface area contributed by atoms with E-state index in [1.54, 1.807) is 0 Å². The molecular formula is C5H4F6O4S. The topological polar surface area (TPSA) is 52.6 Å². The molecule has 0 aromatic heterocycles. The highest BCUT2D eigenvalue weighted by molar-refractivity contribution is 7.86. The zero-order valence-corrected chi connectivity index (χ0v) is 7.99. The maximum atomic E-state index is 11.9. The predicted octanol–water partition coefficient (Wildman–Crippen LogP) is 1.90. The van der Waals surface area contributed by atoms with Crippen LogP contribution in [0.5, 0.6) is 0 Å². The molecule has 0 fully saturated rings. The zero-order chi connectivity index (χ0) is 13.0. The standard InChI is InChI=1S/C5H4F6O4S/c6-3(7)1-14-4(5(8,9)10)15-2-16(11,12)13/h1,4H,2H2. The summed E-state index contributed by atoms with van der Waals surface area (Å²) in [4.78, 5) is 0. The Morgan fingerprint density at radius 1 is 1.31 bits per heavy atom. The lowest BCUT2D eigenvalue weighted by Gasteiger charge is -2.18. The summed E-state index contributed by atoms with van der Waals surface area (Å²) in [5, 5.41) is 0. The van der Waals surface area contributed by atoms with Gasteiger partial charge < -0.3 is 9.47 Å². The molecule has 0 aliphatic rings. The summed E-state index contributed by atoms with van der Waals surface area (Å²) in [6.45, 7) is 0. The summed E-state index contributed by atoms with van der Waals surface area (Å²) in [6, 6.07) is 0. The van der Waals surface area contributed by atoms with Gasteiger partial charge in [-0.05, 0) is 0 Å². The van der Waals surface area contributed by atoms with Gasteiger partial charge in [-0.15, -0.1) is 3.89 Å². The Hall–Kier alpha value is -0.970. The van der Waals surface area contributed by atoms with E-state index in [0.29, 0.717) is 0 Å². The number of ether oxygens (including phenoxy) is 2. The van der Waals surface area contributed by atoms with Crippen LogP contribution in [-0.4, -0.2) is 26.8 Å². The van der Waals surface area contributed by atoms with E-state index in [1.165, 1.54) is 0 Å². The molecule has 16 heavy (non-hydrogen) atoms. The van der Waals surface area contributed by atoms with Gasteiger partial charge in [0.05, 0.1) is 0 Å². The van der Waals surface area contributed by atoms with Gasteiger partial charge in [0.15, 0.2) is 12.2 Å². The quantitative estimate of drug-likeness (QED) is 0.332. The summed E-state index contributed by atoms with van der Waals surface area (Å²) in [6.07, 6.45) is -11.8. The number of alkyl halides is 3. The van der Waals surface area contributed by atoms with Crippen LogP contribution in [0.25, 0.3) is 0 Å². The molecule has 4 nitrogen and oxygen atoms in total. The molecule has 0 rings (SSSR count). The van der Waals surface area contributed by atoms with Crippen LogP contribution >= 0.6 is 0 Å². The summed E-state index contributed by atoms with van der Waals surface area (Å²) in [5.41, 5.74) is 0. The Balaban J connectivity index is 4.52. The normalized spacial score (nSPS) is 14.4. The van der Waals surface area contributed by atoms with Crippen LogP contribution in [0.15, 0.2) is 12.3 Å². The third-order valence-corrected chi connectivity index (χ3v) is 1.33. The average molecular weight is 274 g/mol. The van der Waals surface area contributed by atoms with Crippen LogP contribution in [0.1, 0.15) is 0 Å². The molecule has 1 atom stereocenters. The average Bonchev–Trinajstić information content (AvgIpc) is 1.98. The maximum Gasteiger partial charge on any atom is 0.452 e. The van der Waals surface area contributed by atoms with Gasteiger partial charge in [0.1, 0.15) is 0 Å². The highest BCUT2D eigenvalue weighted by atomic mass is 32.3. The molecule has 0 saturated heterocycles. The highest BCUT2D eigenvalue weighted by Crippen LogP contribution is 2.25. The first-order chi connectivity index (χ1) is 7.02. The lowest BCUT2D eigenvalue weighted by atomic mass is 10.6. The molecule has 0 heterocycles. The zero-order valence-electron chi connectivity index (χ0n) is 7.17. The van der Waals surface area contributed by atoms with Gasteiger partial charge in [0.2, 0.25) is 0 Å². The van der Waals surface area contributed by atoms with E-state index in [1.807, 2.05) is 0 Å². The molecule has 0 radical (unpaired) electrons. The Morgan fingerprint density at radius 2 is 1.81 bits per heavy atom. The van der Waals surface area contributed by atoms with Crippen molar-refractivity contribution in [1.29, 1.82) is 0 Å². The summed E-state index contributed by atoms with van der Waals surface area (Å²) in [5.74, 6) is -1.96. The SMILES string of the molecule is O=S(=O)(F)COC(OC=C(F)F)C(F)(F)F. The fraction of sp³-hybridized carbons (Fsp3) is 0.600. The van der Waals surface area contributed by atoms with Gasteiger partial charge in [-0.25, -0.2) is 0 Å². The van der Waals surface area contributed by atoms with Crippen molar-refractivity contribution in [2.75, 3.05) is 5.94 Å². The van der Waals surface area contributed by atoms with Crippen molar-refractivity contribution < 1.29 is 43.7 Å². The predicted molar refractivity (Wildman–Crippen MR) is 37.2 cm³/mol. The minimum absolute atomic E-state index is 0.594. The van der Waals surface area contributed by atoms with Crippen LogP contribution in [0, 0.1) is 0 Å². The first kappa shape index (κ1) is 15.0. The molecule has 0 spiro atoms. The molecule has 0 aliphatic heterocycles. The van der Waals surface area contributed by atoms with Crippen LogP contribution < -0.4 is 0 Å². The number of rotatable bonds is 5. The van der Waals surface area contributed by atoms with Crippen molar-refractivity contribution in [1.82, 2.24) is 0 Å². The Labute approximate surface area is 85.7 Å². The van der Waals surface area contributed by atoms with E-state index < -0.39 is 41.0 Å². The van der Waals surface area contributed by atoms with Crippen molar-refractivity contribution >= 4 is 10.2 Å². The first-order valence-electron chi connectivity index (χ1n) is 3.29. The van der Waals surface area contributed by atoms with E-state index in [2.05, 4.69) is 9.47 Å². The maximum absolute atomic E-state index is 11.9. The molecular weight excluding hydrogens is 270 g/mol. The molecule has 0 saturated carbocycles. The van der Waals surface area contributed by atoms with Gasteiger partial charge in [-0.2, -0.15) is 30.4 Å². The summed E-state index contributed by atoms with van der Waals surface area (Å²) < 4.78 is 96.7. The Kier molecular flexibility index (Phi) is 5.06. The van der Waals surface area contributed by atoms with Crippen molar-refractivity contribution in [2.45, 2.75) is 12.5 Å². The van der Waals surface area contributed by atoms with Crippen molar-refractivity contribution in [3.8, 4) is 0 Å². The number of hydrogen-bond donors (Lipinski definition) is 0. The lowest BCUT2D eigenvalue weighted by Crippen LogP contribution is -2.34. The van der Waals surface area contributed by atoms with Gasteiger partial charge >= 0.3 is 22.5 Å². The smallest absolute Gasteiger partial charge is 0.452 e. The van der Waals surface area contributed by atoms with Crippen molar-refractivity contribution in [3.63, 3.8) is 0 Å². The number of halogens is 6. The Bertz CT molecular complexity index is 342. The first-order valence-corrected chi connectivity index (χ1v) is 4.85. The minimum Gasteiger partial charge on any atom is -0.458 e. The van der Waals surface area contributed by atoms with E-state index >= 15 is 0 Å². The second-order valence-corrected chi connectivity index (χ2v) is 3.55. The summed E-state index contributed by atoms with van der Waals surface area (Å²) in [7, 11) is -5.33. The van der Waals surface area contributed by atoms with Gasteiger partial charge in [0, 0.05) is 0 Å². The number of hydrogen-bond acceptors (Lipinski definition) is 4. The van der Waals surface area contributed by atoms with Crippen LogP contribution in [0.2, 0.25) is 0 Å². The molecule has 11 heteroatoms. The van der Waals surface area contributed by atoms with E-state index in [9.17, 15) is 34.3 Å². The van der Waals surface area contributed by atoms with Crippen LogP contribution in [-0.2, 0) is 19.7 Å². The monoisotopic (exact) mass is 274 g/mol. The van der Waals surface area contributed by atoms with E-state index in [-0.39, 0.29) is 0 Å². The molecule has 0 aromatic rings. The summed E-state index contributed by atoms with van der Waals surface area (Å²) >= 11 is 0. The Morgan fingerprint density at radius 3 is 2.12 bits per heavy atom. The van der Waals surface area contributed by atoms with E-state index in [0.717, 1.165) is 0 Å². The molecule has 0 aromatic carbocycles. The molecule has 1 unspecified atom stereocenters. The minimum atomic E-state index is -5.33. The van der Waals surface area contributed by atoms with Crippen LogP contribution in [0.3, 0.4) is 0 Å². The molecule has 96 valence electrons. The van der Waals surface area contributed by atoms with Gasteiger partial charge in [0.25, 0.3) is 6.29 Å². The van der Waals surface area contributed by atoms with Crippen molar-refractivity contribution in [3.05, 3.63) is 12.3 Å². The second-order valence-electron chi connectivity index (χ2n) is 2.24. The van der Waals surface area contributed by atoms with Gasteiger partial charge in [-0.3, -0.25) is 0 Å². The second kappa shape index (κ2) is 5.39.